The largest absolute Gasteiger partial charge is 0.382 e. The Bertz CT molecular complexity index is 528. The van der Waals surface area contributed by atoms with Gasteiger partial charge in [0.2, 0.25) is 0 Å². The molecule has 1 aromatic rings. The third-order valence-electron chi connectivity index (χ3n) is 3.58. The SMILES string of the molecule is CN1CCCC(Nc2cccc(S(C)(=O)=O)c2)CC1. The summed E-state index contributed by atoms with van der Waals surface area (Å²) in [5.74, 6) is 0. The van der Waals surface area contributed by atoms with Gasteiger partial charge in [0.15, 0.2) is 9.84 Å². The van der Waals surface area contributed by atoms with Crippen molar-refractivity contribution in [1.82, 2.24) is 4.90 Å². The third kappa shape index (κ3) is 4.21. The van der Waals surface area contributed by atoms with E-state index < -0.39 is 9.84 Å². The number of likely N-dealkylation sites (tertiary alicyclic amines) is 1. The quantitative estimate of drug-likeness (QED) is 0.921. The molecule has 1 aliphatic heterocycles. The van der Waals surface area contributed by atoms with E-state index in [9.17, 15) is 8.42 Å². The topological polar surface area (TPSA) is 49.4 Å². The molecule has 0 radical (unpaired) electrons. The highest BCUT2D eigenvalue weighted by Gasteiger charge is 2.15. The molecule has 1 aliphatic rings. The van der Waals surface area contributed by atoms with E-state index >= 15 is 0 Å². The minimum atomic E-state index is -3.13. The zero-order valence-corrected chi connectivity index (χ0v) is 12.4. The summed E-state index contributed by atoms with van der Waals surface area (Å²) in [6.45, 7) is 2.23. The summed E-state index contributed by atoms with van der Waals surface area (Å²) in [5, 5.41) is 3.46. The molecule has 0 bridgehead atoms. The fourth-order valence-corrected chi connectivity index (χ4v) is 3.10. The van der Waals surface area contributed by atoms with Gasteiger partial charge in [-0.05, 0) is 57.6 Å². The molecule has 5 heteroatoms. The number of anilines is 1. The summed E-state index contributed by atoms with van der Waals surface area (Å²) in [5.41, 5.74) is 0.900. The van der Waals surface area contributed by atoms with E-state index in [4.69, 9.17) is 0 Å². The minimum Gasteiger partial charge on any atom is -0.382 e. The van der Waals surface area contributed by atoms with Gasteiger partial charge in [-0.2, -0.15) is 0 Å². The first-order valence-corrected chi connectivity index (χ1v) is 8.59. The molecule has 106 valence electrons. The molecule has 0 aliphatic carbocycles. The van der Waals surface area contributed by atoms with E-state index in [1.165, 1.54) is 12.7 Å². The molecule has 0 spiro atoms. The maximum absolute atomic E-state index is 11.5. The van der Waals surface area contributed by atoms with Crippen molar-refractivity contribution in [2.75, 3.05) is 31.7 Å². The first kappa shape index (κ1) is 14.3. The van der Waals surface area contributed by atoms with Crippen LogP contribution in [0.15, 0.2) is 29.2 Å². The highest BCUT2D eigenvalue weighted by atomic mass is 32.2. The van der Waals surface area contributed by atoms with Gasteiger partial charge in [0, 0.05) is 18.0 Å². The van der Waals surface area contributed by atoms with E-state index in [1.54, 1.807) is 18.2 Å². The van der Waals surface area contributed by atoms with Gasteiger partial charge in [0.1, 0.15) is 0 Å². The van der Waals surface area contributed by atoms with Crippen molar-refractivity contribution < 1.29 is 8.42 Å². The van der Waals surface area contributed by atoms with Crippen molar-refractivity contribution in [3.8, 4) is 0 Å². The second-order valence-corrected chi connectivity index (χ2v) is 7.39. The van der Waals surface area contributed by atoms with Crippen LogP contribution in [0.3, 0.4) is 0 Å². The monoisotopic (exact) mass is 282 g/mol. The summed E-state index contributed by atoms with van der Waals surface area (Å²) in [4.78, 5) is 2.72. The van der Waals surface area contributed by atoms with Gasteiger partial charge >= 0.3 is 0 Å². The number of nitrogens with zero attached hydrogens (tertiary/aromatic N) is 1. The molecule has 1 saturated heterocycles. The van der Waals surface area contributed by atoms with Crippen LogP contribution in [-0.4, -0.2) is 45.8 Å². The van der Waals surface area contributed by atoms with Crippen molar-refractivity contribution in [2.24, 2.45) is 0 Å². The average molecular weight is 282 g/mol. The van der Waals surface area contributed by atoms with E-state index in [2.05, 4.69) is 17.3 Å². The molecule has 1 heterocycles. The van der Waals surface area contributed by atoms with Crippen LogP contribution < -0.4 is 5.32 Å². The summed E-state index contributed by atoms with van der Waals surface area (Å²) in [6, 6.07) is 7.52. The summed E-state index contributed by atoms with van der Waals surface area (Å²) < 4.78 is 23.1. The van der Waals surface area contributed by atoms with Crippen LogP contribution >= 0.6 is 0 Å². The van der Waals surface area contributed by atoms with Gasteiger partial charge in [0.25, 0.3) is 0 Å². The number of benzene rings is 1. The smallest absolute Gasteiger partial charge is 0.175 e. The predicted molar refractivity (Wildman–Crippen MR) is 78.3 cm³/mol. The summed E-state index contributed by atoms with van der Waals surface area (Å²) in [7, 11) is -0.985. The number of nitrogens with one attached hydrogen (secondary N) is 1. The van der Waals surface area contributed by atoms with Gasteiger partial charge < -0.3 is 10.2 Å². The minimum absolute atomic E-state index is 0.378. The van der Waals surface area contributed by atoms with Crippen LogP contribution in [0.2, 0.25) is 0 Å². The zero-order valence-electron chi connectivity index (χ0n) is 11.6. The van der Waals surface area contributed by atoms with Gasteiger partial charge in [-0.15, -0.1) is 0 Å². The Hall–Kier alpha value is -1.07. The Morgan fingerprint density at radius 1 is 1.26 bits per heavy atom. The fraction of sp³-hybridized carbons (Fsp3) is 0.571. The molecule has 4 nitrogen and oxygen atoms in total. The Balaban J connectivity index is 2.07. The second-order valence-electron chi connectivity index (χ2n) is 5.38. The highest BCUT2D eigenvalue weighted by molar-refractivity contribution is 7.90. The molecule has 1 aromatic carbocycles. The molecule has 0 aromatic heterocycles. The molecular formula is C14H22N2O2S. The number of rotatable bonds is 3. The lowest BCUT2D eigenvalue weighted by Gasteiger charge is -2.18. The van der Waals surface area contributed by atoms with Gasteiger partial charge in [-0.3, -0.25) is 0 Å². The molecule has 1 N–H and O–H groups in total. The lowest BCUT2D eigenvalue weighted by molar-refractivity contribution is 0.348. The van der Waals surface area contributed by atoms with Crippen LogP contribution in [0.4, 0.5) is 5.69 Å². The van der Waals surface area contributed by atoms with Crippen LogP contribution in [0.1, 0.15) is 19.3 Å². The normalized spacial score (nSPS) is 21.9. The van der Waals surface area contributed by atoms with Crippen molar-refractivity contribution in [3.05, 3.63) is 24.3 Å². The number of hydrogen-bond donors (Lipinski definition) is 1. The Kier molecular flexibility index (Phi) is 4.47. The van der Waals surface area contributed by atoms with E-state index in [1.807, 2.05) is 6.07 Å². The van der Waals surface area contributed by atoms with E-state index in [-0.39, 0.29) is 0 Å². The summed E-state index contributed by atoms with van der Waals surface area (Å²) in [6.07, 6.45) is 4.65. The first-order chi connectivity index (χ1) is 8.95. The molecule has 1 fully saturated rings. The van der Waals surface area contributed by atoms with Crippen molar-refractivity contribution >= 4 is 15.5 Å². The van der Waals surface area contributed by atoms with Gasteiger partial charge in [-0.25, -0.2) is 8.42 Å². The molecule has 2 rings (SSSR count). The van der Waals surface area contributed by atoms with E-state index in [0.717, 1.165) is 31.6 Å². The number of hydrogen-bond acceptors (Lipinski definition) is 4. The fourth-order valence-electron chi connectivity index (χ4n) is 2.44. The maximum Gasteiger partial charge on any atom is 0.175 e. The molecule has 19 heavy (non-hydrogen) atoms. The van der Waals surface area contributed by atoms with Gasteiger partial charge in [-0.1, -0.05) is 6.07 Å². The second kappa shape index (κ2) is 5.92. The van der Waals surface area contributed by atoms with Crippen LogP contribution in [0.5, 0.6) is 0 Å². The van der Waals surface area contributed by atoms with E-state index in [0.29, 0.717) is 10.9 Å². The maximum atomic E-state index is 11.5. The summed E-state index contributed by atoms with van der Waals surface area (Å²) >= 11 is 0. The predicted octanol–water partition coefficient (Wildman–Crippen LogP) is 1.99. The number of sulfone groups is 1. The first-order valence-electron chi connectivity index (χ1n) is 6.70. The average Bonchev–Trinajstić information content (AvgIpc) is 2.54. The lowest BCUT2D eigenvalue weighted by atomic mass is 10.1. The Morgan fingerprint density at radius 3 is 2.79 bits per heavy atom. The van der Waals surface area contributed by atoms with Crippen molar-refractivity contribution in [3.63, 3.8) is 0 Å². The van der Waals surface area contributed by atoms with Crippen LogP contribution in [-0.2, 0) is 9.84 Å². The lowest BCUT2D eigenvalue weighted by Crippen LogP contribution is -2.23. The molecule has 1 atom stereocenters. The Labute approximate surface area is 115 Å². The molecular weight excluding hydrogens is 260 g/mol. The van der Waals surface area contributed by atoms with Gasteiger partial charge in [0.05, 0.1) is 4.90 Å². The molecule has 0 amide bonds. The third-order valence-corrected chi connectivity index (χ3v) is 4.69. The van der Waals surface area contributed by atoms with Crippen molar-refractivity contribution in [2.45, 2.75) is 30.2 Å². The van der Waals surface area contributed by atoms with Crippen LogP contribution in [0, 0.1) is 0 Å². The van der Waals surface area contributed by atoms with Crippen LogP contribution in [0.25, 0.3) is 0 Å². The highest BCUT2D eigenvalue weighted by Crippen LogP contribution is 2.19. The standard InChI is InChI=1S/C14H22N2O2S/c1-16-9-4-6-12(8-10-16)15-13-5-3-7-14(11-13)19(2,17)18/h3,5,7,11-12,15H,4,6,8-10H2,1-2H3. The zero-order chi connectivity index (χ0) is 13.9. The van der Waals surface area contributed by atoms with Crippen molar-refractivity contribution in [1.29, 1.82) is 0 Å². The Morgan fingerprint density at radius 2 is 2.05 bits per heavy atom. The molecule has 0 saturated carbocycles. The molecule has 1 unspecified atom stereocenters.